The van der Waals surface area contributed by atoms with E-state index in [-0.39, 0.29) is 55.1 Å². The number of hydrogen-bond acceptors (Lipinski definition) is 11. The van der Waals surface area contributed by atoms with Crippen LogP contribution in [0.5, 0.6) is 0 Å². The summed E-state index contributed by atoms with van der Waals surface area (Å²) in [6, 6.07) is 0.244. The van der Waals surface area contributed by atoms with E-state index in [1.165, 1.54) is 4.90 Å². The SMILES string of the molecule is NCC(O)Cc1cc(S(N)(=O)=O)c(S(N)(=O)=O)c(-c2nn[nH]n2)c1N1CCC(N)C(F)C1. The number of hydrogen-bond donors (Lipinski definition) is 6. The third kappa shape index (κ3) is 4.87. The maximum absolute atomic E-state index is 14.5. The van der Waals surface area contributed by atoms with E-state index in [2.05, 4.69) is 20.6 Å². The number of halogens is 1. The number of tetrazole rings is 1. The summed E-state index contributed by atoms with van der Waals surface area (Å²) < 4.78 is 64.3. The van der Waals surface area contributed by atoms with E-state index in [9.17, 15) is 26.3 Å². The maximum atomic E-state index is 14.5. The zero-order valence-electron chi connectivity index (χ0n) is 16.7. The Balaban J connectivity index is 2.46. The number of aromatic amines is 1. The van der Waals surface area contributed by atoms with Crippen LogP contribution in [0.25, 0.3) is 11.4 Å². The van der Waals surface area contributed by atoms with E-state index in [1.54, 1.807) is 0 Å². The van der Waals surface area contributed by atoms with Gasteiger partial charge in [-0.2, -0.15) is 5.21 Å². The number of aliphatic hydroxyl groups is 1. The number of aliphatic hydroxyl groups excluding tert-OH is 1. The Morgan fingerprint density at radius 2 is 1.97 bits per heavy atom. The number of sulfonamides is 2. The van der Waals surface area contributed by atoms with Crippen LogP contribution in [0.15, 0.2) is 15.9 Å². The highest BCUT2D eigenvalue weighted by Crippen LogP contribution is 2.42. The number of nitrogens with one attached hydrogen (secondary N) is 1. The highest BCUT2D eigenvalue weighted by Gasteiger charge is 2.36. The van der Waals surface area contributed by atoms with Crippen LogP contribution in [-0.4, -0.2) is 80.5 Å². The molecule has 2 aromatic rings. The predicted octanol–water partition coefficient (Wildman–Crippen LogP) is -3.10. The molecule has 1 aliphatic rings. The second-order valence-corrected chi connectivity index (χ2v) is 10.4. The van der Waals surface area contributed by atoms with Crippen LogP contribution in [0.4, 0.5) is 10.1 Å². The molecule has 1 aromatic heterocycles. The number of rotatable bonds is 7. The number of benzene rings is 1. The van der Waals surface area contributed by atoms with Gasteiger partial charge in [-0.3, -0.25) is 0 Å². The first kappa shape index (κ1) is 24.4. The molecule has 1 aromatic carbocycles. The average molecular weight is 494 g/mol. The van der Waals surface area contributed by atoms with Crippen LogP contribution >= 0.6 is 0 Å². The highest BCUT2D eigenvalue weighted by atomic mass is 32.2. The molecule has 0 radical (unpaired) electrons. The average Bonchev–Trinajstić information content (AvgIpc) is 3.22. The van der Waals surface area contributed by atoms with Gasteiger partial charge in [0.1, 0.15) is 16.0 Å². The third-order valence-corrected chi connectivity index (χ3v) is 7.15. The van der Waals surface area contributed by atoms with Crippen LogP contribution in [0.2, 0.25) is 0 Å². The van der Waals surface area contributed by atoms with Gasteiger partial charge in [-0.1, -0.05) is 0 Å². The number of anilines is 1. The van der Waals surface area contributed by atoms with Gasteiger partial charge in [-0.25, -0.2) is 31.5 Å². The molecule has 178 valence electrons. The molecule has 0 saturated carbocycles. The summed E-state index contributed by atoms with van der Waals surface area (Å²) in [5.74, 6) is -0.316. The summed E-state index contributed by atoms with van der Waals surface area (Å²) in [5.41, 5.74) is 11.1. The van der Waals surface area contributed by atoms with Gasteiger partial charge in [0.2, 0.25) is 25.9 Å². The van der Waals surface area contributed by atoms with Crippen molar-refractivity contribution in [2.45, 2.75) is 41.0 Å². The smallest absolute Gasteiger partial charge is 0.240 e. The number of piperidine rings is 1. The van der Waals surface area contributed by atoms with Crippen LogP contribution in [0, 0.1) is 0 Å². The molecular formula is C15H24FN9O5S2. The van der Waals surface area contributed by atoms with Gasteiger partial charge in [0.25, 0.3) is 0 Å². The van der Waals surface area contributed by atoms with E-state index in [4.69, 9.17) is 21.7 Å². The number of nitrogens with two attached hydrogens (primary N) is 4. The Bertz CT molecular complexity index is 1190. The minimum Gasteiger partial charge on any atom is -0.391 e. The Kier molecular flexibility index (Phi) is 6.80. The van der Waals surface area contributed by atoms with Crippen molar-refractivity contribution < 1.29 is 26.3 Å². The molecule has 3 atom stereocenters. The molecule has 14 nitrogen and oxygen atoms in total. The summed E-state index contributed by atoms with van der Waals surface area (Å²) in [7, 11) is -9.36. The highest BCUT2D eigenvalue weighted by molar-refractivity contribution is 7.92. The zero-order valence-corrected chi connectivity index (χ0v) is 18.4. The van der Waals surface area contributed by atoms with Crippen molar-refractivity contribution in [1.29, 1.82) is 0 Å². The molecule has 0 bridgehead atoms. The molecule has 0 spiro atoms. The Labute approximate surface area is 183 Å². The van der Waals surface area contributed by atoms with Crippen LogP contribution in [0.1, 0.15) is 12.0 Å². The Morgan fingerprint density at radius 3 is 2.47 bits per heavy atom. The van der Waals surface area contributed by atoms with Crippen molar-refractivity contribution in [3.05, 3.63) is 11.6 Å². The first-order valence-corrected chi connectivity index (χ1v) is 12.5. The second-order valence-electron chi connectivity index (χ2n) is 7.42. The third-order valence-electron chi connectivity index (χ3n) is 5.09. The number of H-pyrrole nitrogens is 1. The van der Waals surface area contributed by atoms with Crippen molar-refractivity contribution in [3.63, 3.8) is 0 Å². The maximum Gasteiger partial charge on any atom is 0.240 e. The van der Waals surface area contributed by atoms with Gasteiger partial charge < -0.3 is 21.5 Å². The molecule has 3 unspecified atom stereocenters. The van der Waals surface area contributed by atoms with E-state index in [0.29, 0.717) is 0 Å². The zero-order chi connectivity index (χ0) is 23.8. The Hall–Kier alpha value is -2.28. The van der Waals surface area contributed by atoms with Gasteiger partial charge in [-0.15, -0.1) is 10.2 Å². The number of aromatic nitrogens is 4. The summed E-state index contributed by atoms with van der Waals surface area (Å²) in [6.45, 7) is -0.233. The normalized spacial score (nSPS) is 21.0. The molecular weight excluding hydrogens is 469 g/mol. The largest absolute Gasteiger partial charge is 0.391 e. The lowest BCUT2D eigenvalue weighted by atomic mass is 9.96. The lowest BCUT2D eigenvalue weighted by molar-refractivity contribution is 0.183. The van der Waals surface area contributed by atoms with Crippen molar-refractivity contribution in [1.82, 2.24) is 20.6 Å². The summed E-state index contributed by atoms with van der Waals surface area (Å²) in [5, 5.41) is 33.9. The number of primary sulfonamides is 2. The van der Waals surface area contributed by atoms with Crippen molar-refractivity contribution in [3.8, 4) is 11.4 Å². The fourth-order valence-electron chi connectivity index (χ4n) is 3.63. The summed E-state index contributed by atoms with van der Waals surface area (Å²) >= 11 is 0. The molecule has 0 amide bonds. The summed E-state index contributed by atoms with van der Waals surface area (Å²) in [4.78, 5) is -0.221. The van der Waals surface area contributed by atoms with Crippen LogP contribution < -0.4 is 26.6 Å². The quantitative estimate of drug-likeness (QED) is 0.225. The standard InChI is InChI=1S/C15H24FN9O5S2/c16-9-6-25(2-1-10(9)18)13-7(3-8(26)5-17)4-11(31(19,27)28)14(32(20,29)30)12(13)15-21-23-24-22-15/h4,8-10,26H,1-3,5-6,17-18H2,(H2,19,27,28)(H2,20,29,30)(H,21,22,23,24). The van der Waals surface area contributed by atoms with E-state index >= 15 is 0 Å². The molecule has 17 heteroatoms. The molecule has 1 aliphatic heterocycles. The second kappa shape index (κ2) is 8.93. The molecule has 32 heavy (non-hydrogen) atoms. The Morgan fingerprint density at radius 1 is 1.28 bits per heavy atom. The molecule has 0 aliphatic carbocycles. The summed E-state index contributed by atoms with van der Waals surface area (Å²) in [6.07, 6.45) is -2.59. The first-order chi connectivity index (χ1) is 14.8. The number of nitrogens with zero attached hydrogens (tertiary/aromatic N) is 4. The van der Waals surface area contributed by atoms with Gasteiger partial charge in [0.15, 0.2) is 0 Å². The topological polar surface area (TPSA) is 250 Å². The molecule has 2 heterocycles. The molecule has 1 saturated heterocycles. The van der Waals surface area contributed by atoms with Crippen molar-refractivity contribution in [2.24, 2.45) is 21.7 Å². The fraction of sp³-hybridized carbons (Fsp3) is 0.533. The van der Waals surface area contributed by atoms with Gasteiger partial charge in [0.05, 0.1) is 23.9 Å². The number of alkyl halides is 1. The first-order valence-electron chi connectivity index (χ1n) is 9.36. The van der Waals surface area contributed by atoms with Crippen LogP contribution in [0.3, 0.4) is 0 Å². The monoisotopic (exact) mass is 493 g/mol. The minimum absolute atomic E-state index is 0.0601. The van der Waals surface area contributed by atoms with Crippen molar-refractivity contribution >= 4 is 25.7 Å². The van der Waals surface area contributed by atoms with E-state index in [0.717, 1.165) is 6.07 Å². The van der Waals surface area contributed by atoms with Gasteiger partial charge in [-0.05, 0) is 23.3 Å². The van der Waals surface area contributed by atoms with E-state index < -0.39 is 48.2 Å². The molecule has 3 rings (SSSR count). The molecule has 1 fully saturated rings. The van der Waals surface area contributed by atoms with Crippen LogP contribution in [-0.2, 0) is 26.5 Å². The van der Waals surface area contributed by atoms with Gasteiger partial charge >= 0.3 is 0 Å². The lowest BCUT2D eigenvalue weighted by Gasteiger charge is -2.37. The van der Waals surface area contributed by atoms with Crippen molar-refractivity contribution in [2.75, 3.05) is 24.5 Å². The predicted molar refractivity (Wildman–Crippen MR) is 111 cm³/mol. The fourth-order valence-corrected chi connectivity index (χ4v) is 5.81. The molecule has 10 N–H and O–H groups in total. The minimum atomic E-state index is -4.72. The lowest BCUT2D eigenvalue weighted by Crippen LogP contribution is -2.49. The van der Waals surface area contributed by atoms with Gasteiger partial charge in [0, 0.05) is 25.6 Å². The van der Waals surface area contributed by atoms with E-state index in [1.807, 2.05) is 0 Å².